The summed E-state index contributed by atoms with van der Waals surface area (Å²) < 4.78 is 0. The summed E-state index contributed by atoms with van der Waals surface area (Å²) in [6, 6.07) is 0. The number of aliphatic hydroxyl groups is 1. The van der Waals surface area contributed by atoms with Gasteiger partial charge in [0.25, 0.3) is 0 Å². The minimum Gasteiger partial charge on any atom is -0.395 e. The van der Waals surface area contributed by atoms with Crippen molar-refractivity contribution < 1.29 is 9.90 Å². The van der Waals surface area contributed by atoms with Gasteiger partial charge in [-0.1, -0.05) is 19.9 Å². The number of hydrogen-bond donors (Lipinski definition) is 1. The first-order chi connectivity index (χ1) is 5.08. The molecule has 2 heteroatoms. The average Bonchev–Trinajstić information content (AvgIpc) is 1.98. The SMILES string of the molecule is C[C@H]1CC(=O)C=C[C@]1(C)CO. The lowest BCUT2D eigenvalue weighted by Crippen LogP contribution is -2.31. The third-order valence-electron chi connectivity index (χ3n) is 2.62. The second-order valence-electron chi connectivity index (χ2n) is 3.57. The highest BCUT2D eigenvalue weighted by atomic mass is 16.3. The largest absolute Gasteiger partial charge is 0.395 e. The molecule has 2 nitrogen and oxygen atoms in total. The maximum atomic E-state index is 10.9. The molecular weight excluding hydrogens is 140 g/mol. The fourth-order valence-corrected chi connectivity index (χ4v) is 1.26. The molecule has 1 N–H and O–H groups in total. The Balaban J connectivity index is 2.83. The zero-order valence-corrected chi connectivity index (χ0v) is 7.00. The highest BCUT2D eigenvalue weighted by molar-refractivity contribution is 5.90. The lowest BCUT2D eigenvalue weighted by Gasteiger charge is -2.32. The number of ketones is 1. The quantitative estimate of drug-likeness (QED) is 0.615. The fraction of sp³-hybridized carbons (Fsp3) is 0.667. The Morgan fingerprint density at radius 1 is 1.82 bits per heavy atom. The third kappa shape index (κ3) is 1.51. The maximum Gasteiger partial charge on any atom is 0.155 e. The van der Waals surface area contributed by atoms with Crippen LogP contribution in [0.25, 0.3) is 0 Å². The van der Waals surface area contributed by atoms with Crippen molar-refractivity contribution in [1.82, 2.24) is 0 Å². The van der Waals surface area contributed by atoms with Gasteiger partial charge in [-0.25, -0.2) is 0 Å². The number of hydrogen-bond acceptors (Lipinski definition) is 2. The molecule has 0 fully saturated rings. The van der Waals surface area contributed by atoms with Crippen LogP contribution in [0.5, 0.6) is 0 Å². The zero-order chi connectivity index (χ0) is 8.48. The molecule has 1 rings (SSSR count). The summed E-state index contributed by atoms with van der Waals surface area (Å²) in [6.45, 7) is 4.09. The molecule has 0 unspecified atom stereocenters. The van der Waals surface area contributed by atoms with E-state index < -0.39 is 0 Å². The van der Waals surface area contributed by atoms with E-state index in [0.29, 0.717) is 6.42 Å². The molecule has 0 radical (unpaired) electrons. The average molecular weight is 154 g/mol. The van der Waals surface area contributed by atoms with Crippen LogP contribution in [-0.4, -0.2) is 17.5 Å². The summed E-state index contributed by atoms with van der Waals surface area (Å²) in [5.74, 6) is 0.424. The van der Waals surface area contributed by atoms with Crippen LogP contribution in [0, 0.1) is 11.3 Å². The summed E-state index contributed by atoms with van der Waals surface area (Å²) in [5.41, 5.74) is -0.187. The van der Waals surface area contributed by atoms with Crippen LogP contribution in [0.1, 0.15) is 20.3 Å². The van der Waals surface area contributed by atoms with Gasteiger partial charge in [0.1, 0.15) is 0 Å². The summed E-state index contributed by atoms with van der Waals surface area (Å²) in [7, 11) is 0. The first kappa shape index (κ1) is 8.47. The number of rotatable bonds is 1. The Morgan fingerprint density at radius 3 is 2.91 bits per heavy atom. The molecule has 0 aromatic carbocycles. The van der Waals surface area contributed by atoms with Gasteiger partial charge in [0.15, 0.2) is 5.78 Å². The Morgan fingerprint density at radius 2 is 2.45 bits per heavy atom. The van der Waals surface area contributed by atoms with Crippen molar-refractivity contribution >= 4 is 5.78 Å². The summed E-state index contributed by atoms with van der Waals surface area (Å²) in [6.07, 6.45) is 3.97. The van der Waals surface area contributed by atoms with E-state index in [4.69, 9.17) is 5.11 Å². The molecular formula is C9H14O2. The van der Waals surface area contributed by atoms with Gasteiger partial charge in [-0.2, -0.15) is 0 Å². The normalized spacial score (nSPS) is 37.7. The monoisotopic (exact) mass is 154 g/mol. The molecule has 0 saturated heterocycles. The van der Waals surface area contributed by atoms with Gasteiger partial charge in [0.2, 0.25) is 0 Å². The van der Waals surface area contributed by atoms with E-state index in [9.17, 15) is 4.79 Å². The Labute approximate surface area is 66.9 Å². The van der Waals surface area contributed by atoms with Crippen LogP contribution in [0.4, 0.5) is 0 Å². The van der Waals surface area contributed by atoms with E-state index in [2.05, 4.69) is 0 Å². The first-order valence-electron chi connectivity index (χ1n) is 3.91. The zero-order valence-electron chi connectivity index (χ0n) is 7.00. The first-order valence-corrected chi connectivity index (χ1v) is 3.91. The molecule has 0 saturated carbocycles. The van der Waals surface area contributed by atoms with Gasteiger partial charge in [-0.3, -0.25) is 4.79 Å². The van der Waals surface area contributed by atoms with Crippen LogP contribution in [0.3, 0.4) is 0 Å². The van der Waals surface area contributed by atoms with Gasteiger partial charge in [-0.05, 0) is 12.0 Å². The second kappa shape index (κ2) is 2.78. The lowest BCUT2D eigenvalue weighted by molar-refractivity contribution is -0.117. The summed E-state index contributed by atoms with van der Waals surface area (Å²) in [4.78, 5) is 10.9. The maximum absolute atomic E-state index is 10.9. The minimum absolute atomic E-state index is 0.123. The van der Waals surface area contributed by atoms with E-state index in [1.54, 1.807) is 6.08 Å². The highest BCUT2D eigenvalue weighted by Gasteiger charge is 2.31. The van der Waals surface area contributed by atoms with Crippen molar-refractivity contribution in [2.24, 2.45) is 11.3 Å². The summed E-state index contributed by atoms with van der Waals surface area (Å²) >= 11 is 0. The van der Waals surface area contributed by atoms with Gasteiger partial charge >= 0.3 is 0 Å². The van der Waals surface area contributed by atoms with Crippen LogP contribution in [-0.2, 0) is 4.79 Å². The van der Waals surface area contributed by atoms with Crippen molar-refractivity contribution in [3.8, 4) is 0 Å². The van der Waals surface area contributed by atoms with E-state index in [1.165, 1.54) is 0 Å². The Bertz CT molecular complexity index is 196. The number of aliphatic hydroxyl groups excluding tert-OH is 1. The predicted molar refractivity (Wildman–Crippen MR) is 43.1 cm³/mol. The van der Waals surface area contributed by atoms with Crippen molar-refractivity contribution in [2.75, 3.05) is 6.61 Å². The van der Waals surface area contributed by atoms with Crippen LogP contribution >= 0.6 is 0 Å². The number of carbonyl (C=O) groups excluding carboxylic acids is 1. The minimum atomic E-state index is -0.187. The molecule has 0 aliphatic heterocycles. The molecule has 62 valence electrons. The standard InChI is InChI=1S/C9H14O2/c1-7-5-8(11)3-4-9(7,2)6-10/h3-4,7,10H,5-6H2,1-2H3/t7-,9+/m0/s1. The number of allylic oxidation sites excluding steroid dienone is 1. The van der Waals surface area contributed by atoms with E-state index in [1.807, 2.05) is 19.9 Å². The van der Waals surface area contributed by atoms with Gasteiger partial charge in [-0.15, -0.1) is 0 Å². The van der Waals surface area contributed by atoms with Crippen molar-refractivity contribution in [3.63, 3.8) is 0 Å². The van der Waals surface area contributed by atoms with Gasteiger partial charge < -0.3 is 5.11 Å². The molecule has 0 bridgehead atoms. The van der Waals surface area contributed by atoms with Crippen LogP contribution in [0.2, 0.25) is 0 Å². The third-order valence-corrected chi connectivity index (χ3v) is 2.62. The molecule has 1 aliphatic rings. The summed E-state index contributed by atoms with van der Waals surface area (Å²) in [5, 5.41) is 9.04. The van der Waals surface area contributed by atoms with Crippen molar-refractivity contribution in [1.29, 1.82) is 0 Å². The van der Waals surface area contributed by atoms with Crippen molar-refractivity contribution in [3.05, 3.63) is 12.2 Å². The molecule has 0 spiro atoms. The van der Waals surface area contributed by atoms with Gasteiger partial charge in [0.05, 0.1) is 6.61 Å². The van der Waals surface area contributed by atoms with E-state index >= 15 is 0 Å². The van der Waals surface area contributed by atoms with Crippen LogP contribution < -0.4 is 0 Å². The Kier molecular flexibility index (Phi) is 2.14. The fourth-order valence-electron chi connectivity index (χ4n) is 1.26. The number of carbonyl (C=O) groups is 1. The van der Waals surface area contributed by atoms with Crippen molar-refractivity contribution in [2.45, 2.75) is 20.3 Å². The highest BCUT2D eigenvalue weighted by Crippen LogP contribution is 2.34. The molecule has 0 amide bonds. The second-order valence-corrected chi connectivity index (χ2v) is 3.57. The molecule has 0 heterocycles. The van der Waals surface area contributed by atoms with E-state index in [-0.39, 0.29) is 23.7 Å². The van der Waals surface area contributed by atoms with Gasteiger partial charge in [0, 0.05) is 11.8 Å². The lowest BCUT2D eigenvalue weighted by atomic mass is 9.73. The van der Waals surface area contributed by atoms with E-state index in [0.717, 1.165) is 0 Å². The van der Waals surface area contributed by atoms with Crippen LogP contribution in [0.15, 0.2) is 12.2 Å². The topological polar surface area (TPSA) is 37.3 Å². The predicted octanol–water partition coefficient (Wildman–Crippen LogP) is 1.15. The molecule has 1 aliphatic carbocycles. The molecule has 0 aromatic heterocycles. The Hall–Kier alpha value is -0.630. The molecule has 0 aromatic rings. The smallest absolute Gasteiger partial charge is 0.155 e. The molecule has 2 atom stereocenters. The molecule has 11 heavy (non-hydrogen) atoms.